The Morgan fingerprint density at radius 1 is 1.12 bits per heavy atom. The molecule has 2 aromatic carbocycles. The minimum absolute atomic E-state index is 0.126. The molecule has 0 aliphatic carbocycles. The van der Waals surface area contributed by atoms with Crippen molar-refractivity contribution in [3.8, 4) is 17.1 Å². The second-order valence-corrected chi connectivity index (χ2v) is 6.71. The van der Waals surface area contributed by atoms with Gasteiger partial charge >= 0.3 is 5.97 Å². The smallest absolute Gasteiger partial charge is 0.340 e. The Morgan fingerprint density at radius 2 is 1.88 bits per heavy atom. The van der Waals surface area contributed by atoms with Crippen LogP contribution < -0.4 is 0 Å². The van der Waals surface area contributed by atoms with Crippen LogP contribution in [-0.4, -0.2) is 40.7 Å². The van der Waals surface area contributed by atoms with Crippen molar-refractivity contribution in [1.82, 2.24) is 4.90 Å². The molecule has 0 radical (unpaired) electrons. The van der Waals surface area contributed by atoms with Crippen molar-refractivity contribution in [1.29, 1.82) is 0 Å². The van der Waals surface area contributed by atoms with E-state index >= 15 is 0 Å². The third kappa shape index (κ3) is 2.95. The summed E-state index contributed by atoms with van der Waals surface area (Å²) in [6.45, 7) is 3.21. The van der Waals surface area contributed by atoms with Crippen molar-refractivity contribution < 1.29 is 19.4 Å². The predicted molar refractivity (Wildman–Crippen MR) is 99.7 cm³/mol. The Balaban J connectivity index is 1.79. The minimum Gasteiger partial charge on any atom is -0.508 e. The second kappa shape index (κ2) is 6.84. The summed E-state index contributed by atoms with van der Waals surface area (Å²) in [6, 6.07) is 12.5. The van der Waals surface area contributed by atoms with Crippen LogP contribution in [0.1, 0.15) is 28.8 Å². The van der Waals surface area contributed by atoms with E-state index in [1.54, 1.807) is 12.1 Å². The summed E-state index contributed by atoms with van der Waals surface area (Å²) in [4.78, 5) is 14.4. The van der Waals surface area contributed by atoms with Gasteiger partial charge in [-0.3, -0.25) is 0 Å². The van der Waals surface area contributed by atoms with Crippen molar-refractivity contribution >= 4 is 16.9 Å². The van der Waals surface area contributed by atoms with Gasteiger partial charge < -0.3 is 19.5 Å². The Kier molecular flexibility index (Phi) is 4.39. The van der Waals surface area contributed by atoms with Gasteiger partial charge in [-0.25, -0.2) is 4.79 Å². The lowest BCUT2D eigenvalue weighted by atomic mass is 9.98. The highest BCUT2D eigenvalue weighted by atomic mass is 16.4. The molecule has 0 spiro atoms. The number of phenolic OH excluding ortho intramolecular Hbond substituents is 1. The molecule has 26 heavy (non-hydrogen) atoms. The number of benzene rings is 2. The van der Waals surface area contributed by atoms with Crippen LogP contribution in [0.4, 0.5) is 0 Å². The highest BCUT2D eigenvalue weighted by molar-refractivity contribution is 6.09. The number of hydrogen-bond donors (Lipinski definition) is 2. The molecule has 0 unspecified atom stereocenters. The van der Waals surface area contributed by atoms with E-state index in [1.807, 2.05) is 30.3 Å². The van der Waals surface area contributed by atoms with Crippen LogP contribution in [0.2, 0.25) is 0 Å². The van der Waals surface area contributed by atoms with Crippen molar-refractivity contribution in [2.75, 3.05) is 19.6 Å². The van der Waals surface area contributed by atoms with Crippen LogP contribution in [0.25, 0.3) is 22.3 Å². The summed E-state index contributed by atoms with van der Waals surface area (Å²) in [5.74, 6) is -0.580. The van der Waals surface area contributed by atoms with Gasteiger partial charge in [-0.2, -0.15) is 0 Å². The summed E-state index contributed by atoms with van der Waals surface area (Å²) >= 11 is 0. The summed E-state index contributed by atoms with van der Waals surface area (Å²) in [5, 5.41) is 20.7. The number of aromatic carboxylic acids is 1. The fraction of sp³-hybridized carbons (Fsp3) is 0.286. The predicted octanol–water partition coefficient (Wildman–Crippen LogP) is 4.14. The van der Waals surface area contributed by atoms with E-state index in [2.05, 4.69) is 4.90 Å². The van der Waals surface area contributed by atoms with Crippen LogP contribution in [0.3, 0.4) is 0 Å². The van der Waals surface area contributed by atoms with E-state index in [1.165, 1.54) is 6.42 Å². The number of nitrogens with zero attached hydrogens (tertiary/aromatic N) is 1. The van der Waals surface area contributed by atoms with Crippen LogP contribution in [0.5, 0.6) is 5.75 Å². The molecular formula is C21H21NO4. The van der Waals surface area contributed by atoms with Gasteiger partial charge in [-0.15, -0.1) is 0 Å². The normalized spacial score (nSPS) is 14.5. The first-order chi connectivity index (χ1) is 12.6. The number of aromatic hydroxyl groups is 1. The Morgan fingerprint density at radius 3 is 2.54 bits per heavy atom. The van der Waals surface area contributed by atoms with Gasteiger partial charge in [0.05, 0.1) is 0 Å². The number of carboxylic acids is 1. The molecule has 0 bridgehead atoms. The molecule has 0 saturated carbocycles. The first kappa shape index (κ1) is 16.7. The lowest BCUT2D eigenvalue weighted by molar-refractivity contribution is 0.0699. The van der Waals surface area contributed by atoms with Crippen LogP contribution in [0, 0.1) is 0 Å². The average molecular weight is 351 g/mol. The maximum Gasteiger partial charge on any atom is 0.340 e. The Hall–Kier alpha value is -2.79. The molecule has 1 aliphatic rings. The van der Waals surface area contributed by atoms with Crippen molar-refractivity contribution in [3.63, 3.8) is 0 Å². The van der Waals surface area contributed by atoms with Gasteiger partial charge in [0.2, 0.25) is 0 Å². The summed E-state index contributed by atoms with van der Waals surface area (Å²) < 4.78 is 5.90. The molecule has 0 atom stereocenters. The van der Waals surface area contributed by atoms with Gasteiger partial charge in [-0.05, 0) is 51.0 Å². The lowest BCUT2D eigenvalue weighted by Crippen LogP contribution is -2.37. The third-order valence-electron chi connectivity index (χ3n) is 5.04. The molecule has 1 saturated heterocycles. The second-order valence-electron chi connectivity index (χ2n) is 6.71. The molecule has 134 valence electrons. The zero-order valence-electron chi connectivity index (χ0n) is 14.4. The van der Waals surface area contributed by atoms with E-state index in [0.717, 1.165) is 26.1 Å². The largest absolute Gasteiger partial charge is 0.508 e. The van der Waals surface area contributed by atoms with Crippen molar-refractivity contribution in [2.24, 2.45) is 0 Å². The van der Waals surface area contributed by atoms with Crippen LogP contribution in [0.15, 0.2) is 46.9 Å². The first-order valence-corrected chi connectivity index (χ1v) is 8.93. The van der Waals surface area contributed by atoms with Crippen molar-refractivity contribution in [2.45, 2.75) is 19.3 Å². The number of hydrogen-bond acceptors (Lipinski definition) is 4. The molecule has 2 N–H and O–H groups in total. The molecule has 5 nitrogen and oxygen atoms in total. The van der Waals surface area contributed by atoms with Crippen molar-refractivity contribution in [3.05, 3.63) is 53.6 Å². The first-order valence-electron chi connectivity index (χ1n) is 8.93. The van der Waals surface area contributed by atoms with Gasteiger partial charge in [-0.1, -0.05) is 30.3 Å². The van der Waals surface area contributed by atoms with E-state index in [9.17, 15) is 15.0 Å². The van der Waals surface area contributed by atoms with E-state index < -0.39 is 5.97 Å². The van der Waals surface area contributed by atoms with Crippen LogP contribution in [-0.2, 0) is 6.42 Å². The zero-order chi connectivity index (χ0) is 18.1. The third-order valence-corrected chi connectivity index (χ3v) is 5.04. The number of aryl methyl sites for hydroxylation is 1. The highest BCUT2D eigenvalue weighted by Gasteiger charge is 2.25. The molecule has 4 rings (SSSR count). The number of carboxylic acid groups (broad SMARTS) is 1. The zero-order valence-corrected chi connectivity index (χ0v) is 14.4. The van der Waals surface area contributed by atoms with E-state index in [4.69, 9.17) is 4.42 Å². The van der Waals surface area contributed by atoms with Gasteiger partial charge in [0, 0.05) is 16.5 Å². The quantitative estimate of drug-likeness (QED) is 0.698. The number of phenols is 1. The average Bonchev–Trinajstić information content (AvgIpc) is 2.99. The fourth-order valence-corrected chi connectivity index (χ4v) is 3.58. The molecule has 5 heteroatoms. The summed E-state index contributed by atoms with van der Waals surface area (Å²) in [7, 11) is 0. The standard InChI is InChI=1S/C21H21NO4/c23-16-9-10-17-18(15(16)8-4-11-22-12-5-13-22)19(21(24)25)20(26-17)14-6-2-1-3-7-14/h1-3,6-7,9-10,23H,4-5,8,11-13H2,(H,24,25). The van der Waals surface area contributed by atoms with Crippen LogP contribution >= 0.6 is 0 Å². The van der Waals surface area contributed by atoms with Gasteiger partial charge in [0.15, 0.2) is 0 Å². The summed E-state index contributed by atoms with van der Waals surface area (Å²) in [5.41, 5.74) is 2.00. The number of rotatable bonds is 6. The SMILES string of the molecule is O=C(O)c1c(-c2ccccc2)oc2ccc(O)c(CCCN3CCC3)c12. The monoisotopic (exact) mass is 351 g/mol. The number of likely N-dealkylation sites (tertiary alicyclic amines) is 1. The molecule has 2 heterocycles. The lowest BCUT2D eigenvalue weighted by Gasteiger charge is -2.30. The molecule has 1 aromatic heterocycles. The summed E-state index contributed by atoms with van der Waals surface area (Å²) in [6.07, 6.45) is 2.73. The van der Waals surface area contributed by atoms with Gasteiger partial charge in [0.1, 0.15) is 22.7 Å². The Bertz CT molecular complexity index is 942. The molecule has 1 fully saturated rings. The molecule has 0 amide bonds. The number of furan rings is 1. The highest BCUT2D eigenvalue weighted by Crippen LogP contribution is 2.39. The molecule has 1 aliphatic heterocycles. The number of carbonyl (C=O) groups is 1. The minimum atomic E-state index is -1.04. The van der Waals surface area contributed by atoms with Gasteiger partial charge in [0.25, 0.3) is 0 Å². The topological polar surface area (TPSA) is 73.9 Å². The Labute approximate surface area is 151 Å². The fourth-order valence-electron chi connectivity index (χ4n) is 3.58. The van der Waals surface area contributed by atoms with E-state index in [0.29, 0.717) is 34.3 Å². The molecular weight excluding hydrogens is 330 g/mol. The maximum absolute atomic E-state index is 12.0. The van der Waals surface area contributed by atoms with E-state index in [-0.39, 0.29) is 11.3 Å². The maximum atomic E-state index is 12.0. The number of fused-ring (bicyclic) bond motifs is 1. The molecule has 3 aromatic rings.